The van der Waals surface area contributed by atoms with Gasteiger partial charge in [-0.25, -0.2) is 15.1 Å². The summed E-state index contributed by atoms with van der Waals surface area (Å²) < 4.78 is 29.0. The van der Waals surface area contributed by atoms with Crippen LogP contribution in [0.5, 0.6) is 0 Å². The summed E-state index contributed by atoms with van der Waals surface area (Å²) in [6.45, 7) is 4.40. The molecule has 2 aromatic heterocycles. The quantitative estimate of drug-likeness (QED) is 0.503. The van der Waals surface area contributed by atoms with E-state index < -0.39 is 16.4 Å². The van der Waals surface area contributed by atoms with E-state index in [1.165, 1.54) is 11.1 Å². The number of anilines is 1. The van der Waals surface area contributed by atoms with Crippen LogP contribution in [0.1, 0.15) is 56.3 Å². The van der Waals surface area contributed by atoms with E-state index in [-0.39, 0.29) is 30.0 Å². The Morgan fingerprint density at radius 1 is 1.24 bits per heavy atom. The van der Waals surface area contributed by atoms with Crippen molar-refractivity contribution in [2.45, 2.75) is 56.7 Å². The fraction of sp³-hybridized carbons (Fsp3) is 0.478. The standard InChI is InChI=1S/C23H29N5O4S/c1-23(2)11-19(16-5-3-4-6-18(16)23)27-21-17-7-8-28(22(17)26-13-25-21)15-9-14(20(29)10-15)12-32-33(24,30)31/h3-8,13-15,19-20,29H,9-12H2,1-2H3,(H2,24,30,31)(H,25,26,27)/t14-,15+,19-,20-/m0/s1. The summed E-state index contributed by atoms with van der Waals surface area (Å²) in [7, 11) is -4.03. The Labute approximate surface area is 193 Å². The predicted octanol–water partition coefficient (Wildman–Crippen LogP) is 2.80. The Bertz CT molecular complexity index is 1290. The molecule has 10 heteroatoms. The van der Waals surface area contributed by atoms with E-state index in [4.69, 9.17) is 9.32 Å². The Balaban J connectivity index is 1.39. The highest BCUT2D eigenvalue weighted by atomic mass is 32.2. The second-order valence-corrected chi connectivity index (χ2v) is 11.0. The number of aliphatic hydroxyl groups is 1. The molecule has 33 heavy (non-hydrogen) atoms. The van der Waals surface area contributed by atoms with Crippen LogP contribution >= 0.6 is 0 Å². The lowest BCUT2D eigenvalue weighted by atomic mass is 9.86. The van der Waals surface area contributed by atoms with Gasteiger partial charge in [-0.3, -0.25) is 4.18 Å². The highest BCUT2D eigenvalue weighted by Gasteiger charge is 2.38. The van der Waals surface area contributed by atoms with Crippen LogP contribution in [-0.4, -0.2) is 40.8 Å². The van der Waals surface area contributed by atoms with Crippen molar-refractivity contribution in [2.24, 2.45) is 11.1 Å². The molecule has 4 N–H and O–H groups in total. The van der Waals surface area contributed by atoms with Gasteiger partial charge in [0.25, 0.3) is 0 Å². The molecule has 5 rings (SSSR count). The van der Waals surface area contributed by atoms with Crippen molar-refractivity contribution in [1.82, 2.24) is 14.5 Å². The van der Waals surface area contributed by atoms with E-state index in [0.717, 1.165) is 23.3 Å². The van der Waals surface area contributed by atoms with Crippen LogP contribution in [0.25, 0.3) is 11.0 Å². The van der Waals surface area contributed by atoms with Crippen molar-refractivity contribution < 1.29 is 17.7 Å². The van der Waals surface area contributed by atoms with Crippen LogP contribution in [-0.2, 0) is 19.9 Å². The molecule has 0 saturated heterocycles. The van der Waals surface area contributed by atoms with Gasteiger partial charge < -0.3 is 15.0 Å². The summed E-state index contributed by atoms with van der Waals surface area (Å²) in [5.41, 5.74) is 3.52. The zero-order valence-corrected chi connectivity index (χ0v) is 19.5. The smallest absolute Gasteiger partial charge is 0.333 e. The summed E-state index contributed by atoms with van der Waals surface area (Å²) in [4.78, 5) is 9.04. The topological polar surface area (TPSA) is 132 Å². The Kier molecular flexibility index (Phi) is 5.43. The number of nitrogens with two attached hydrogens (primary N) is 1. The number of rotatable bonds is 6. The maximum absolute atomic E-state index is 11.1. The largest absolute Gasteiger partial charge is 0.393 e. The zero-order valence-electron chi connectivity index (χ0n) is 18.7. The highest BCUT2D eigenvalue weighted by molar-refractivity contribution is 7.84. The summed E-state index contributed by atoms with van der Waals surface area (Å²) in [5, 5.41) is 19.9. The summed E-state index contributed by atoms with van der Waals surface area (Å²) in [5.74, 6) is 0.464. The van der Waals surface area contributed by atoms with Gasteiger partial charge >= 0.3 is 10.3 Å². The molecule has 1 fully saturated rings. The molecular formula is C23H29N5O4S. The first kappa shape index (κ1) is 22.3. The highest BCUT2D eigenvalue weighted by Crippen LogP contribution is 2.46. The van der Waals surface area contributed by atoms with Gasteiger partial charge in [-0.1, -0.05) is 38.1 Å². The average molecular weight is 472 g/mol. The lowest BCUT2D eigenvalue weighted by Gasteiger charge is -2.20. The first-order chi connectivity index (χ1) is 15.6. The molecule has 2 heterocycles. The number of nitrogens with zero attached hydrogens (tertiary/aromatic N) is 3. The Hall–Kier alpha value is -2.53. The van der Waals surface area contributed by atoms with E-state index in [1.807, 2.05) is 16.8 Å². The van der Waals surface area contributed by atoms with Gasteiger partial charge in [-0.15, -0.1) is 0 Å². The van der Waals surface area contributed by atoms with Crippen LogP contribution < -0.4 is 10.5 Å². The van der Waals surface area contributed by atoms with Gasteiger partial charge in [0.15, 0.2) is 0 Å². The minimum Gasteiger partial charge on any atom is -0.393 e. The molecule has 4 atom stereocenters. The SMILES string of the molecule is CC1(C)C[C@H](Nc2ncnc3c2ccn3[C@@H]2C[C@@H](COS(N)(=O)=O)[C@@H](O)C2)c2ccccc21. The third-order valence-corrected chi connectivity index (χ3v) is 7.54. The molecule has 2 aliphatic rings. The molecule has 1 aromatic carbocycles. The first-order valence-electron chi connectivity index (χ1n) is 11.1. The van der Waals surface area contributed by atoms with Crippen molar-refractivity contribution in [2.75, 3.05) is 11.9 Å². The third-order valence-electron chi connectivity index (χ3n) is 7.07. The van der Waals surface area contributed by atoms with Crippen molar-refractivity contribution >= 4 is 27.2 Å². The van der Waals surface area contributed by atoms with Gasteiger partial charge in [0, 0.05) is 18.2 Å². The fourth-order valence-corrected chi connectivity index (χ4v) is 5.85. The number of hydrogen-bond acceptors (Lipinski definition) is 7. The number of hydrogen-bond donors (Lipinski definition) is 3. The van der Waals surface area contributed by atoms with Crippen molar-refractivity contribution in [3.63, 3.8) is 0 Å². The van der Waals surface area contributed by atoms with Crippen LogP contribution in [0.4, 0.5) is 5.82 Å². The maximum Gasteiger partial charge on any atom is 0.333 e. The van der Waals surface area contributed by atoms with Gasteiger partial charge in [0.1, 0.15) is 17.8 Å². The maximum atomic E-state index is 11.1. The van der Waals surface area contributed by atoms with Crippen LogP contribution in [0.2, 0.25) is 0 Å². The first-order valence-corrected chi connectivity index (χ1v) is 12.6. The fourth-order valence-electron chi connectivity index (χ4n) is 5.48. The molecule has 176 valence electrons. The van der Waals surface area contributed by atoms with E-state index in [2.05, 4.69) is 53.4 Å². The van der Waals surface area contributed by atoms with Crippen molar-refractivity contribution in [1.29, 1.82) is 0 Å². The molecule has 0 unspecified atom stereocenters. The normalized spacial score (nSPS) is 26.5. The second kappa shape index (κ2) is 8.05. The van der Waals surface area contributed by atoms with Gasteiger partial charge in [-0.05, 0) is 41.9 Å². The molecule has 0 aliphatic heterocycles. The molecule has 3 aromatic rings. The lowest BCUT2D eigenvalue weighted by molar-refractivity contribution is 0.100. The van der Waals surface area contributed by atoms with Crippen molar-refractivity contribution in [3.05, 3.63) is 54.0 Å². The molecule has 1 saturated carbocycles. The summed E-state index contributed by atoms with van der Waals surface area (Å²) in [6.07, 6.45) is 4.86. The van der Waals surface area contributed by atoms with E-state index >= 15 is 0 Å². The number of aromatic nitrogens is 3. The third kappa shape index (κ3) is 4.23. The van der Waals surface area contributed by atoms with Crippen LogP contribution in [0.3, 0.4) is 0 Å². The summed E-state index contributed by atoms with van der Waals surface area (Å²) in [6, 6.07) is 10.7. The predicted molar refractivity (Wildman–Crippen MR) is 125 cm³/mol. The summed E-state index contributed by atoms with van der Waals surface area (Å²) >= 11 is 0. The Morgan fingerprint density at radius 2 is 2.03 bits per heavy atom. The number of aliphatic hydroxyl groups excluding tert-OH is 1. The Morgan fingerprint density at radius 3 is 2.82 bits per heavy atom. The van der Waals surface area contributed by atoms with Gasteiger partial charge in [0.05, 0.1) is 24.1 Å². The minimum absolute atomic E-state index is 0.0273. The average Bonchev–Trinajstić information content (AvgIpc) is 3.41. The van der Waals surface area contributed by atoms with Gasteiger partial charge in [0.2, 0.25) is 0 Å². The number of nitrogens with one attached hydrogen (secondary N) is 1. The molecule has 0 spiro atoms. The molecule has 2 aliphatic carbocycles. The lowest BCUT2D eigenvalue weighted by Crippen LogP contribution is -2.24. The monoisotopic (exact) mass is 471 g/mol. The van der Waals surface area contributed by atoms with E-state index in [0.29, 0.717) is 12.8 Å². The molecule has 0 radical (unpaired) electrons. The molecule has 0 bridgehead atoms. The molecular weight excluding hydrogens is 442 g/mol. The van der Waals surface area contributed by atoms with Crippen molar-refractivity contribution in [3.8, 4) is 0 Å². The number of fused-ring (bicyclic) bond motifs is 2. The number of benzene rings is 1. The van der Waals surface area contributed by atoms with Crippen LogP contribution in [0.15, 0.2) is 42.9 Å². The van der Waals surface area contributed by atoms with E-state index in [9.17, 15) is 13.5 Å². The minimum atomic E-state index is -4.03. The second-order valence-electron chi connectivity index (χ2n) is 9.78. The van der Waals surface area contributed by atoms with E-state index in [1.54, 1.807) is 6.33 Å². The molecule has 0 amide bonds. The molecule has 9 nitrogen and oxygen atoms in total. The van der Waals surface area contributed by atoms with Gasteiger partial charge in [-0.2, -0.15) is 8.42 Å². The van der Waals surface area contributed by atoms with Crippen LogP contribution in [0, 0.1) is 5.92 Å². The zero-order chi connectivity index (χ0) is 23.4.